The highest BCUT2D eigenvalue weighted by molar-refractivity contribution is 9.11. The molecule has 1 aromatic heterocycles. The molecule has 0 atom stereocenters. The monoisotopic (exact) mass is 323 g/mol. The lowest BCUT2D eigenvalue weighted by molar-refractivity contribution is 0.102. The number of rotatable bonds is 3. The third-order valence-electron chi connectivity index (χ3n) is 2.81. The quantitative estimate of drug-likeness (QED) is 0.876. The Labute approximate surface area is 119 Å². The Morgan fingerprint density at radius 3 is 2.83 bits per heavy atom. The molecule has 1 amide bonds. The molecule has 0 saturated carbocycles. The maximum absolute atomic E-state index is 12.1. The average molecular weight is 324 g/mol. The van der Waals surface area contributed by atoms with Gasteiger partial charge in [-0.3, -0.25) is 4.79 Å². The topological polar surface area (TPSA) is 29.1 Å². The summed E-state index contributed by atoms with van der Waals surface area (Å²) in [5, 5.41) is 4.86. The number of aryl methyl sites for hydroxylation is 2. The lowest BCUT2D eigenvalue weighted by Gasteiger charge is -2.12. The normalized spacial score (nSPS) is 10.4. The molecule has 2 rings (SSSR count). The standard InChI is InChI=1S/C14H14BrNOS/c1-3-10-6-4-5-9(2)13(10)16-14(17)11-7-12(15)18-8-11/h4-8H,3H2,1-2H3,(H,16,17). The summed E-state index contributed by atoms with van der Waals surface area (Å²) in [6, 6.07) is 7.92. The Kier molecular flexibility index (Phi) is 4.19. The van der Waals surface area contributed by atoms with Gasteiger partial charge >= 0.3 is 0 Å². The van der Waals surface area contributed by atoms with Crippen molar-refractivity contribution in [1.29, 1.82) is 0 Å². The van der Waals surface area contributed by atoms with Crippen LogP contribution >= 0.6 is 27.3 Å². The molecule has 0 spiro atoms. The zero-order valence-corrected chi connectivity index (χ0v) is 12.7. The van der Waals surface area contributed by atoms with Gasteiger partial charge in [-0.05, 0) is 46.5 Å². The molecule has 4 heteroatoms. The van der Waals surface area contributed by atoms with Gasteiger partial charge in [0.25, 0.3) is 5.91 Å². The smallest absolute Gasteiger partial charge is 0.256 e. The first-order valence-electron chi connectivity index (χ1n) is 5.75. The molecule has 2 aromatic rings. The summed E-state index contributed by atoms with van der Waals surface area (Å²) in [5.74, 6) is -0.0547. The number of nitrogens with one attached hydrogen (secondary N) is 1. The molecule has 0 aliphatic rings. The number of hydrogen-bond acceptors (Lipinski definition) is 2. The lowest BCUT2D eigenvalue weighted by Crippen LogP contribution is -2.13. The van der Waals surface area contributed by atoms with Crippen LogP contribution in [0.2, 0.25) is 0 Å². The Morgan fingerprint density at radius 2 is 2.22 bits per heavy atom. The van der Waals surface area contributed by atoms with Gasteiger partial charge in [0.15, 0.2) is 0 Å². The molecule has 0 aliphatic heterocycles. The summed E-state index contributed by atoms with van der Waals surface area (Å²) in [4.78, 5) is 12.1. The Balaban J connectivity index is 2.26. The van der Waals surface area contributed by atoms with Crippen LogP contribution in [-0.4, -0.2) is 5.91 Å². The molecule has 18 heavy (non-hydrogen) atoms. The van der Waals surface area contributed by atoms with E-state index in [9.17, 15) is 4.79 Å². The van der Waals surface area contributed by atoms with E-state index in [1.54, 1.807) is 0 Å². The highest BCUT2D eigenvalue weighted by atomic mass is 79.9. The number of para-hydroxylation sites is 1. The van der Waals surface area contributed by atoms with Gasteiger partial charge < -0.3 is 5.32 Å². The zero-order valence-electron chi connectivity index (χ0n) is 10.3. The van der Waals surface area contributed by atoms with Gasteiger partial charge in [-0.2, -0.15) is 0 Å². The van der Waals surface area contributed by atoms with Gasteiger partial charge in [0.05, 0.1) is 9.35 Å². The van der Waals surface area contributed by atoms with Crippen LogP contribution in [0.25, 0.3) is 0 Å². The fourth-order valence-electron chi connectivity index (χ4n) is 1.82. The highest BCUT2D eigenvalue weighted by Gasteiger charge is 2.11. The van der Waals surface area contributed by atoms with E-state index >= 15 is 0 Å². The number of amides is 1. The Bertz CT molecular complexity index is 577. The molecule has 0 radical (unpaired) electrons. The van der Waals surface area contributed by atoms with Gasteiger partial charge in [0.1, 0.15) is 0 Å². The highest BCUT2D eigenvalue weighted by Crippen LogP contribution is 2.24. The zero-order chi connectivity index (χ0) is 13.1. The minimum absolute atomic E-state index is 0.0547. The van der Waals surface area contributed by atoms with Gasteiger partial charge in [0, 0.05) is 11.1 Å². The molecule has 1 N–H and O–H groups in total. The number of carbonyl (C=O) groups is 1. The predicted molar refractivity (Wildman–Crippen MR) is 80.5 cm³/mol. The van der Waals surface area contributed by atoms with Crippen LogP contribution in [0.3, 0.4) is 0 Å². The minimum Gasteiger partial charge on any atom is -0.321 e. The summed E-state index contributed by atoms with van der Waals surface area (Å²) in [6.45, 7) is 4.10. The van der Waals surface area contributed by atoms with Gasteiger partial charge in [0.2, 0.25) is 0 Å². The molecule has 0 bridgehead atoms. The second-order valence-corrected chi connectivity index (χ2v) is 6.35. The van der Waals surface area contributed by atoms with Crippen molar-refractivity contribution in [3.05, 3.63) is 50.1 Å². The van der Waals surface area contributed by atoms with Crippen molar-refractivity contribution in [2.45, 2.75) is 20.3 Å². The van der Waals surface area contributed by atoms with Crippen molar-refractivity contribution in [1.82, 2.24) is 0 Å². The SMILES string of the molecule is CCc1cccc(C)c1NC(=O)c1csc(Br)c1. The van der Waals surface area contributed by atoms with Crippen LogP contribution in [-0.2, 0) is 6.42 Å². The van der Waals surface area contributed by atoms with Gasteiger partial charge in [-0.1, -0.05) is 25.1 Å². The molecule has 0 saturated heterocycles. The van der Waals surface area contributed by atoms with E-state index in [0.717, 1.165) is 27.0 Å². The predicted octanol–water partition coefficient (Wildman–Crippen LogP) is 4.63. The first kappa shape index (κ1) is 13.3. The van der Waals surface area contributed by atoms with Crippen molar-refractivity contribution in [3.63, 3.8) is 0 Å². The third-order valence-corrected chi connectivity index (χ3v) is 4.31. The fraction of sp³-hybridized carbons (Fsp3) is 0.214. The van der Waals surface area contributed by atoms with E-state index in [2.05, 4.69) is 28.2 Å². The van der Waals surface area contributed by atoms with E-state index < -0.39 is 0 Å². The van der Waals surface area contributed by atoms with Crippen LogP contribution in [0.4, 0.5) is 5.69 Å². The largest absolute Gasteiger partial charge is 0.321 e. The molecular weight excluding hydrogens is 310 g/mol. The summed E-state index contributed by atoms with van der Waals surface area (Å²) in [7, 11) is 0. The van der Waals surface area contributed by atoms with Crippen LogP contribution in [0.5, 0.6) is 0 Å². The Hall–Kier alpha value is -1.13. The van der Waals surface area contributed by atoms with E-state index in [1.807, 2.05) is 36.6 Å². The van der Waals surface area contributed by atoms with Gasteiger partial charge in [-0.15, -0.1) is 11.3 Å². The number of anilines is 1. The number of benzene rings is 1. The second-order valence-electron chi connectivity index (χ2n) is 4.06. The number of hydrogen-bond donors (Lipinski definition) is 1. The number of halogens is 1. The van der Waals surface area contributed by atoms with E-state index in [4.69, 9.17) is 0 Å². The number of carbonyl (C=O) groups excluding carboxylic acids is 1. The van der Waals surface area contributed by atoms with Crippen molar-refractivity contribution in [2.75, 3.05) is 5.32 Å². The second kappa shape index (κ2) is 5.67. The lowest BCUT2D eigenvalue weighted by atomic mass is 10.1. The van der Waals surface area contributed by atoms with E-state index in [0.29, 0.717) is 5.56 Å². The summed E-state index contributed by atoms with van der Waals surface area (Å²) in [5.41, 5.74) is 3.89. The van der Waals surface area contributed by atoms with Crippen molar-refractivity contribution in [3.8, 4) is 0 Å². The summed E-state index contributed by atoms with van der Waals surface area (Å²) >= 11 is 4.88. The Morgan fingerprint density at radius 1 is 1.44 bits per heavy atom. The molecule has 1 aromatic carbocycles. The number of thiophene rings is 1. The fourth-order valence-corrected chi connectivity index (χ4v) is 2.95. The average Bonchev–Trinajstić information content (AvgIpc) is 2.78. The molecular formula is C14H14BrNOS. The summed E-state index contributed by atoms with van der Waals surface area (Å²) in [6.07, 6.45) is 0.907. The van der Waals surface area contributed by atoms with Crippen LogP contribution in [0.1, 0.15) is 28.4 Å². The van der Waals surface area contributed by atoms with Gasteiger partial charge in [-0.25, -0.2) is 0 Å². The minimum atomic E-state index is -0.0547. The first-order valence-corrected chi connectivity index (χ1v) is 7.43. The van der Waals surface area contributed by atoms with Crippen LogP contribution in [0.15, 0.2) is 33.4 Å². The maximum atomic E-state index is 12.1. The van der Waals surface area contributed by atoms with Crippen molar-refractivity contribution >= 4 is 38.9 Å². The molecule has 2 nitrogen and oxygen atoms in total. The van der Waals surface area contributed by atoms with E-state index in [1.165, 1.54) is 11.3 Å². The van der Waals surface area contributed by atoms with Crippen LogP contribution in [0, 0.1) is 6.92 Å². The first-order chi connectivity index (χ1) is 8.61. The van der Waals surface area contributed by atoms with Crippen LogP contribution < -0.4 is 5.32 Å². The third kappa shape index (κ3) is 2.82. The van der Waals surface area contributed by atoms with Crippen molar-refractivity contribution in [2.24, 2.45) is 0 Å². The molecule has 0 fully saturated rings. The molecule has 1 heterocycles. The molecule has 94 valence electrons. The van der Waals surface area contributed by atoms with Crippen molar-refractivity contribution < 1.29 is 4.79 Å². The maximum Gasteiger partial charge on any atom is 0.256 e. The summed E-state index contributed by atoms with van der Waals surface area (Å²) < 4.78 is 0.966. The molecule has 0 aliphatic carbocycles. The molecule has 0 unspecified atom stereocenters. The van der Waals surface area contributed by atoms with E-state index in [-0.39, 0.29) is 5.91 Å².